The summed E-state index contributed by atoms with van der Waals surface area (Å²) in [6, 6.07) is 9.31. The number of nitrogens with one attached hydrogen (secondary N) is 1. The third-order valence-electron chi connectivity index (χ3n) is 3.08. The van der Waals surface area contributed by atoms with Gasteiger partial charge in [-0.05, 0) is 38.1 Å². The van der Waals surface area contributed by atoms with E-state index in [1.807, 2.05) is 30.3 Å². The Morgan fingerprint density at radius 2 is 2.05 bits per heavy atom. The van der Waals surface area contributed by atoms with Crippen LogP contribution in [-0.4, -0.2) is 15.9 Å². The predicted molar refractivity (Wildman–Crippen MR) is 80.9 cm³/mol. The average molecular weight is 273 g/mol. The Balaban J connectivity index is 2.37. The number of amides is 1. The normalized spacial score (nSPS) is 11.3. The first-order chi connectivity index (χ1) is 8.93. The van der Waals surface area contributed by atoms with Crippen molar-refractivity contribution in [3.63, 3.8) is 0 Å². The Labute approximate surface area is 117 Å². The average Bonchev–Trinajstić information content (AvgIpc) is 2.39. The fraction of sp³-hybridized carbons (Fsp3) is 0.214. The van der Waals surface area contributed by atoms with Crippen molar-refractivity contribution in [1.82, 2.24) is 4.98 Å². The fourth-order valence-corrected chi connectivity index (χ4v) is 1.70. The molecule has 0 bridgehead atoms. The van der Waals surface area contributed by atoms with E-state index in [9.17, 15) is 4.79 Å². The first kappa shape index (κ1) is 13.4. The Morgan fingerprint density at radius 3 is 2.74 bits per heavy atom. The number of anilines is 1. The van der Waals surface area contributed by atoms with Crippen LogP contribution in [0.25, 0.3) is 10.9 Å². The molecule has 0 unspecified atom stereocenters. The number of nitrogens with zero attached hydrogens (tertiary/aromatic N) is 1. The molecule has 4 nitrogen and oxygen atoms in total. The highest BCUT2D eigenvalue weighted by molar-refractivity contribution is 7.80. The number of rotatable bonds is 3. The van der Waals surface area contributed by atoms with E-state index in [0.717, 1.165) is 10.9 Å². The molecule has 19 heavy (non-hydrogen) atoms. The summed E-state index contributed by atoms with van der Waals surface area (Å²) in [7, 11) is 0. The van der Waals surface area contributed by atoms with Gasteiger partial charge in [-0.3, -0.25) is 9.78 Å². The maximum Gasteiger partial charge on any atom is 0.236 e. The molecule has 5 heteroatoms. The molecule has 1 amide bonds. The number of carbonyl (C=O) groups excluding carboxylic acids is 1. The van der Waals surface area contributed by atoms with Gasteiger partial charge in [0.1, 0.15) is 0 Å². The Kier molecular flexibility index (Phi) is 3.48. The van der Waals surface area contributed by atoms with Crippen molar-refractivity contribution >= 4 is 39.7 Å². The molecule has 0 aliphatic heterocycles. The highest BCUT2D eigenvalue weighted by atomic mass is 32.1. The second kappa shape index (κ2) is 4.93. The number of pyridine rings is 1. The molecule has 0 radical (unpaired) electrons. The van der Waals surface area contributed by atoms with Gasteiger partial charge in [0.05, 0.1) is 21.6 Å². The first-order valence-electron chi connectivity index (χ1n) is 5.88. The number of fused-ring (bicyclic) bond motifs is 1. The number of thiocarbonyl (C=S) groups is 1. The molecule has 0 saturated carbocycles. The zero-order chi connectivity index (χ0) is 14.0. The van der Waals surface area contributed by atoms with Crippen LogP contribution in [0.3, 0.4) is 0 Å². The van der Waals surface area contributed by atoms with Crippen molar-refractivity contribution in [2.45, 2.75) is 13.8 Å². The molecule has 1 aromatic heterocycles. The Bertz CT molecular complexity index is 647. The summed E-state index contributed by atoms with van der Waals surface area (Å²) in [4.78, 5) is 16.6. The molecule has 3 N–H and O–H groups in total. The van der Waals surface area contributed by atoms with E-state index in [2.05, 4.69) is 10.3 Å². The molecule has 2 rings (SSSR count). The summed E-state index contributed by atoms with van der Waals surface area (Å²) in [5, 5.41) is 3.75. The van der Waals surface area contributed by atoms with Crippen LogP contribution in [0.1, 0.15) is 13.8 Å². The number of hydrogen-bond acceptors (Lipinski definition) is 3. The van der Waals surface area contributed by atoms with E-state index in [1.54, 1.807) is 20.0 Å². The van der Waals surface area contributed by atoms with E-state index in [-0.39, 0.29) is 10.9 Å². The second-order valence-corrected chi connectivity index (χ2v) is 5.26. The Morgan fingerprint density at radius 1 is 1.32 bits per heavy atom. The van der Waals surface area contributed by atoms with Crippen LogP contribution in [0.2, 0.25) is 0 Å². The topological polar surface area (TPSA) is 68.0 Å². The lowest BCUT2D eigenvalue weighted by Crippen LogP contribution is -2.41. The summed E-state index contributed by atoms with van der Waals surface area (Å²) >= 11 is 4.92. The van der Waals surface area contributed by atoms with Crippen LogP contribution in [0.4, 0.5) is 5.69 Å². The molecular formula is C14H15N3OS. The summed E-state index contributed by atoms with van der Waals surface area (Å²) in [5.74, 6) is -0.226. The highest BCUT2D eigenvalue weighted by Gasteiger charge is 2.31. The lowest BCUT2D eigenvalue weighted by molar-refractivity contribution is -0.121. The first-order valence-corrected chi connectivity index (χ1v) is 6.29. The van der Waals surface area contributed by atoms with Gasteiger partial charge in [0.2, 0.25) is 5.91 Å². The monoisotopic (exact) mass is 273 g/mol. The molecule has 2 aromatic rings. The minimum atomic E-state index is -0.889. The maximum atomic E-state index is 12.2. The third-order valence-corrected chi connectivity index (χ3v) is 3.59. The zero-order valence-corrected chi connectivity index (χ0v) is 11.6. The van der Waals surface area contributed by atoms with Crippen LogP contribution in [0, 0.1) is 5.41 Å². The molecule has 0 aliphatic carbocycles. The minimum absolute atomic E-state index is 0.170. The van der Waals surface area contributed by atoms with Crippen LogP contribution in [0.5, 0.6) is 0 Å². The summed E-state index contributed by atoms with van der Waals surface area (Å²) < 4.78 is 0. The van der Waals surface area contributed by atoms with Crippen LogP contribution in [0.15, 0.2) is 36.5 Å². The molecule has 98 valence electrons. The van der Waals surface area contributed by atoms with Gasteiger partial charge in [-0.25, -0.2) is 0 Å². The van der Waals surface area contributed by atoms with E-state index in [1.165, 1.54) is 0 Å². The SMILES string of the molecule is CC(C)(C(=O)Nc1cccc2ncccc12)C(N)=S. The van der Waals surface area contributed by atoms with Gasteiger partial charge >= 0.3 is 0 Å². The van der Waals surface area contributed by atoms with E-state index < -0.39 is 5.41 Å². The highest BCUT2D eigenvalue weighted by Crippen LogP contribution is 2.24. The van der Waals surface area contributed by atoms with Crippen molar-refractivity contribution in [2.75, 3.05) is 5.32 Å². The van der Waals surface area contributed by atoms with Gasteiger partial charge in [0.25, 0.3) is 0 Å². The van der Waals surface area contributed by atoms with Gasteiger partial charge in [0, 0.05) is 11.6 Å². The standard InChI is InChI=1S/C14H15N3OS/c1-14(2,12(15)19)13(18)17-11-7-3-6-10-9(11)5-4-8-16-10/h3-8H,1-2H3,(H2,15,19)(H,17,18). The van der Waals surface area contributed by atoms with Crippen molar-refractivity contribution in [3.8, 4) is 0 Å². The van der Waals surface area contributed by atoms with Gasteiger partial charge in [-0.1, -0.05) is 18.3 Å². The predicted octanol–water partition coefficient (Wildman–Crippen LogP) is 2.49. The van der Waals surface area contributed by atoms with E-state index in [0.29, 0.717) is 5.69 Å². The molecule has 0 aliphatic rings. The number of carbonyl (C=O) groups is 1. The van der Waals surface area contributed by atoms with Crippen molar-refractivity contribution < 1.29 is 4.79 Å². The molecule has 0 spiro atoms. The molecule has 1 aromatic carbocycles. The zero-order valence-electron chi connectivity index (χ0n) is 10.8. The summed E-state index contributed by atoms with van der Waals surface area (Å²) in [5.41, 5.74) is 6.24. The van der Waals surface area contributed by atoms with Crippen molar-refractivity contribution in [2.24, 2.45) is 11.1 Å². The van der Waals surface area contributed by atoms with Crippen LogP contribution < -0.4 is 11.1 Å². The minimum Gasteiger partial charge on any atom is -0.392 e. The van der Waals surface area contributed by atoms with Crippen molar-refractivity contribution in [1.29, 1.82) is 0 Å². The maximum absolute atomic E-state index is 12.2. The van der Waals surface area contributed by atoms with E-state index >= 15 is 0 Å². The summed E-state index contributed by atoms with van der Waals surface area (Å²) in [6.45, 7) is 3.40. The lowest BCUT2D eigenvalue weighted by Gasteiger charge is -2.22. The lowest BCUT2D eigenvalue weighted by atomic mass is 9.92. The van der Waals surface area contributed by atoms with Gasteiger partial charge in [-0.15, -0.1) is 0 Å². The van der Waals surface area contributed by atoms with E-state index in [4.69, 9.17) is 18.0 Å². The molecule has 0 saturated heterocycles. The number of hydrogen-bond donors (Lipinski definition) is 2. The number of benzene rings is 1. The van der Waals surface area contributed by atoms with Crippen LogP contribution in [-0.2, 0) is 4.79 Å². The smallest absolute Gasteiger partial charge is 0.236 e. The van der Waals surface area contributed by atoms with Gasteiger partial charge < -0.3 is 11.1 Å². The second-order valence-electron chi connectivity index (χ2n) is 4.82. The van der Waals surface area contributed by atoms with Gasteiger partial charge in [0.15, 0.2) is 0 Å². The fourth-order valence-electron chi connectivity index (χ4n) is 1.60. The molecule has 1 heterocycles. The number of aromatic nitrogens is 1. The molecular weight excluding hydrogens is 258 g/mol. The van der Waals surface area contributed by atoms with Crippen LogP contribution >= 0.6 is 12.2 Å². The quantitative estimate of drug-likeness (QED) is 0.843. The van der Waals surface area contributed by atoms with Gasteiger partial charge in [-0.2, -0.15) is 0 Å². The Hall–Kier alpha value is -2.01. The number of nitrogens with two attached hydrogens (primary N) is 1. The third kappa shape index (κ3) is 2.56. The molecule has 0 atom stereocenters. The molecule has 0 fully saturated rings. The summed E-state index contributed by atoms with van der Waals surface area (Å²) in [6.07, 6.45) is 1.72. The largest absolute Gasteiger partial charge is 0.392 e. The van der Waals surface area contributed by atoms with Crippen molar-refractivity contribution in [3.05, 3.63) is 36.5 Å².